The van der Waals surface area contributed by atoms with Crippen molar-refractivity contribution in [1.82, 2.24) is 9.88 Å². The summed E-state index contributed by atoms with van der Waals surface area (Å²) in [4.78, 5) is 21.9. The zero-order valence-corrected chi connectivity index (χ0v) is 15.9. The van der Waals surface area contributed by atoms with Gasteiger partial charge in [-0.3, -0.25) is 9.69 Å². The van der Waals surface area contributed by atoms with Crippen LogP contribution in [0.25, 0.3) is 0 Å². The first-order chi connectivity index (χ1) is 12.0. The van der Waals surface area contributed by atoms with Gasteiger partial charge in [-0.2, -0.15) is 0 Å². The van der Waals surface area contributed by atoms with Gasteiger partial charge in [0.2, 0.25) is 5.91 Å². The number of anilines is 2. The third-order valence-corrected chi connectivity index (χ3v) is 5.69. The number of carbonyl (C=O) groups is 1. The average Bonchev–Trinajstić information content (AvgIpc) is 2.62. The predicted octanol–water partition coefficient (Wildman–Crippen LogP) is 3.38. The molecule has 138 valence electrons. The summed E-state index contributed by atoms with van der Waals surface area (Å²) >= 11 is 0. The molecule has 0 bridgehead atoms. The van der Waals surface area contributed by atoms with Crippen LogP contribution < -0.4 is 10.2 Å². The largest absolute Gasteiger partial charge is 0.354 e. The van der Waals surface area contributed by atoms with E-state index in [0.29, 0.717) is 12.0 Å². The van der Waals surface area contributed by atoms with E-state index < -0.39 is 0 Å². The zero-order valence-electron chi connectivity index (χ0n) is 15.9. The van der Waals surface area contributed by atoms with Gasteiger partial charge in [0.05, 0.1) is 0 Å². The zero-order chi connectivity index (χ0) is 17.8. The fourth-order valence-corrected chi connectivity index (χ4v) is 4.05. The van der Waals surface area contributed by atoms with Crippen LogP contribution in [0.4, 0.5) is 11.5 Å². The Morgan fingerprint density at radius 3 is 2.68 bits per heavy atom. The van der Waals surface area contributed by atoms with E-state index in [1.165, 1.54) is 12.8 Å². The first-order valence-corrected chi connectivity index (χ1v) is 9.79. The lowest BCUT2D eigenvalue weighted by atomic mass is 9.82. The number of aromatic nitrogens is 1. The number of amides is 1. The van der Waals surface area contributed by atoms with E-state index in [1.54, 1.807) is 0 Å². The quantitative estimate of drug-likeness (QED) is 0.910. The minimum atomic E-state index is 0.162. The third kappa shape index (κ3) is 4.72. The van der Waals surface area contributed by atoms with Crippen LogP contribution in [0.2, 0.25) is 0 Å². The van der Waals surface area contributed by atoms with E-state index in [-0.39, 0.29) is 11.8 Å². The SMILES string of the molecule is CC1CCCC(C(=O)Nc2ccnc(N3CCN(C(C)C)CC3)c2)C1. The van der Waals surface area contributed by atoms with Crippen LogP contribution in [0.15, 0.2) is 18.3 Å². The van der Waals surface area contributed by atoms with Crippen LogP contribution in [0, 0.1) is 11.8 Å². The smallest absolute Gasteiger partial charge is 0.227 e. The Hall–Kier alpha value is -1.62. The van der Waals surface area contributed by atoms with Gasteiger partial charge >= 0.3 is 0 Å². The van der Waals surface area contributed by atoms with E-state index in [4.69, 9.17) is 0 Å². The molecule has 1 aromatic rings. The molecule has 0 spiro atoms. The van der Waals surface area contributed by atoms with Crippen LogP contribution in [0.3, 0.4) is 0 Å². The number of nitrogens with one attached hydrogen (secondary N) is 1. The molecule has 0 radical (unpaired) electrons. The van der Waals surface area contributed by atoms with Gasteiger partial charge in [0, 0.05) is 56.1 Å². The van der Waals surface area contributed by atoms with Crippen LogP contribution in [-0.2, 0) is 4.79 Å². The molecule has 1 saturated carbocycles. The minimum Gasteiger partial charge on any atom is -0.354 e. The standard InChI is InChI=1S/C20H32N4O/c1-15(2)23-9-11-24(12-10-23)19-14-18(7-8-21-19)22-20(25)17-6-4-5-16(3)13-17/h7-8,14-17H,4-6,9-13H2,1-3H3,(H,21,22,25). The number of rotatable bonds is 4. The van der Waals surface area contributed by atoms with Crippen molar-refractivity contribution < 1.29 is 4.79 Å². The van der Waals surface area contributed by atoms with Crippen LogP contribution in [-0.4, -0.2) is 48.0 Å². The van der Waals surface area contributed by atoms with Crippen molar-refractivity contribution in [3.8, 4) is 0 Å². The molecular weight excluding hydrogens is 312 g/mol. The van der Waals surface area contributed by atoms with Crippen LogP contribution in [0.1, 0.15) is 46.5 Å². The summed E-state index contributed by atoms with van der Waals surface area (Å²) in [6, 6.07) is 4.52. The van der Waals surface area contributed by atoms with Gasteiger partial charge in [-0.1, -0.05) is 19.8 Å². The number of carbonyl (C=O) groups excluding carboxylic acids is 1. The van der Waals surface area contributed by atoms with Crippen molar-refractivity contribution in [3.63, 3.8) is 0 Å². The van der Waals surface area contributed by atoms with Crippen LogP contribution in [0.5, 0.6) is 0 Å². The molecule has 2 atom stereocenters. The van der Waals surface area contributed by atoms with Gasteiger partial charge in [0.25, 0.3) is 0 Å². The van der Waals surface area contributed by atoms with Gasteiger partial charge < -0.3 is 10.2 Å². The van der Waals surface area contributed by atoms with Crippen LogP contribution >= 0.6 is 0 Å². The molecule has 1 N–H and O–H groups in total. The molecule has 2 heterocycles. The Morgan fingerprint density at radius 1 is 1.24 bits per heavy atom. The Bertz CT molecular complexity index is 581. The van der Waals surface area contributed by atoms with Crippen molar-refractivity contribution in [1.29, 1.82) is 0 Å². The van der Waals surface area contributed by atoms with Crippen molar-refractivity contribution in [3.05, 3.63) is 18.3 Å². The first kappa shape index (κ1) is 18.2. The average molecular weight is 345 g/mol. The van der Waals surface area contributed by atoms with Crippen molar-refractivity contribution in [2.24, 2.45) is 11.8 Å². The molecule has 1 saturated heterocycles. The minimum absolute atomic E-state index is 0.162. The highest BCUT2D eigenvalue weighted by Crippen LogP contribution is 2.29. The number of piperazine rings is 1. The molecule has 1 aliphatic carbocycles. The normalized spacial score (nSPS) is 25.2. The van der Waals surface area contributed by atoms with Gasteiger partial charge in [0.1, 0.15) is 5.82 Å². The summed E-state index contributed by atoms with van der Waals surface area (Å²) in [6.07, 6.45) is 6.27. The molecule has 2 fully saturated rings. The maximum atomic E-state index is 12.6. The Labute approximate surface area is 151 Å². The summed E-state index contributed by atoms with van der Waals surface area (Å²) in [6.45, 7) is 10.9. The van der Waals surface area contributed by atoms with E-state index in [0.717, 1.165) is 50.5 Å². The highest BCUT2D eigenvalue weighted by molar-refractivity contribution is 5.92. The van der Waals surface area contributed by atoms with E-state index in [1.807, 2.05) is 18.3 Å². The second-order valence-electron chi connectivity index (χ2n) is 7.98. The fourth-order valence-electron chi connectivity index (χ4n) is 4.05. The first-order valence-electron chi connectivity index (χ1n) is 9.79. The maximum absolute atomic E-state index is 12.6. The third-order valence-electron chi connectivity index (χ3n) is 5.69. The lowest BCUT2D eigenvalue weighted by Gasteiger charge is -2.37. The highest BCUT2D eigenvalue weighted by atomic mass is 16.1. The van der Waals surface area contributed by atoms with Gasteiger partial charge in [-0.15, -0.1) is 0 Å². The summed E-state index contributed by atoms with van der Waals surface area (Å²) in [5.41, 5.74) is 0.875. The Morgan fingerprint density at radius 2 is 2.00 bits per heavy atom. The molecule has 5 heteroatoms. The summed E-state index contributed by atoms with van der Waals surface area (Å²) in [5, 5.41) is 3.12. The van der Waals surface area contributed by atoms with Crippen molar-refractivity contribution >= 4 is 17.4 Å². The van der Waals surface area contributed by atoms with Gasteiger partial charge in [-0.25, -0.2) is 4.98 Å². The summed E-state index contributed by atoms with van der Waals surface area (Å²) in [7, 11) is 0. The summed E-state index contributed by atoms with van der Waals surface area (Å²) in [5.74, 6) is 1.97. The summed E-state index contributed by atoms with van der Waals surface area (Å²) < 4.78 is 0. The van der Waals surface area contributed by atoms with Gasteiger partial charge in [0.15, 0.2) is 0 Å². The molecule has 0 aromatic carbocycles. The molecule has 25 heavy (non-hydrogen) atoms. The molecule has 1 aliphatic heterocycles. The number of nitrogens with zero attached hydrogens (tertiary/aromatic N) is 3. The molecular formula is C20H32N4O. The van der Waals surface area contributed by atoms with E-state index >= 15 is 0 Å². The van der Waals surface area contributed by atoms with E-state index in [9.17, 15) is 4.79 Å². The molecule has 1 amide bonds. The Balaban J connectivity index is 1.59. The number of pyridine rings is 1. The Kier molecular flexibility index (Phi) is 5.94. The second-order valence-corrected chi connectivity index (χ2v) is 7.98. The predicted molar refractivity (Wildman–Crippen MR) is 103 cm³/mol. The molecule has 2 aliphatic rings. The van der Waals surface area contributed by atoms with E-state index in [2.05, 4.69) is 40.9 Å². The lowest BCUT2D eigenvalue weighted by molar-refractivity contribution is -0.121. The monoisotopic (exact) mass is 344 g/mol. The maximum Gasteiger partial charge on any atom is 0.227 e. The number of hydrogen-bond acceptors (Lipinski definition) is 4. The topological polar surface area (TPSA) is 48.5 Å². The molecule has 1 aromatic heterocycles. The molecule has 5 nitrogen and oxygen atoms in total. The fraction of sp³-hybridized carbons (Fsp3) is 0.700. The molecule has 2 unspecified atom stereocenters. The second kappa shape index (κ2) is 8.17. The molecule has 3 rings (SSSR count). The highest BCUT2D eigenvalue weighted by Gasteiger charge is 2.25. The lowest BCUT2D eigenvalue weighted by Crippen LogP contribution is -2.49. The number of hydrogen-bond donors (Lipinski definition) is 1. The van der Waals surface area contributed by atoms with Gasteiger partial charge in [-0.05, 0) is 38.7 Å². The van der Waals surface area contributed by atoms with Crippen molar-refractivity contribution in [2.45, 2.75) is 52.5 Å². The van der Waals surface area contributed by atoms with Crippen molar-refractivity contribution in [2.75, 3.05) is 36.4 Å².